The molecule has 2 aromatic carbocycles. The van der Waals surface area contributed by atoms with Gasteiger partial charge in [0.05, 0.1) is 13.2 Å². The summed E-state index contributed by atoms with van der Waals surface area (Å²) >= 11 is 0. The van der Waals surface area contributed by atoms with E-state index in [1.165, 1.54) is 14.8 Å². The van der Waals surface area contributed by atoms with Crippen molar-refractivity contribution in [3.8, 4) is 11.5 Å². The molecule has 0 amide bonds. The maximum Gasteiger partial charge on any atom is 0.332 e. The van der Waals surface area contributed by atoms with Gasteiger partial charge in [-0.2, -0.15) is 0 Å². The molecule has 9 nitrogen and oxygen atoms in total. The maximum atomic E-state index is 12.9. The van der Waals surface area contributed by atoms with Crippen LogP contribution >= 0.6 is 0 Å². The van der Waals surface area contributed by atoms with Gasteiger partial charge in [0.1, 0.15) is 17.3 Å². The number of hydrogen-bond acceptors (Lipinski definition) is 6. The smallest absolute Gasteiger partial charge is 0.332 e. The highest BCUT2D eigenvalue weighted by molar-refractivity contribution is 5.76. The number of aryl methyl sites for hydroxylation is 2. The second-order valence-corrected chi connectivity index (χ2v) is 8.88. The molecule has 2 aromatic heterocycles. The van der Waals surface area contributed by atoms with Gasteiger partial charge < -0.3 is 18.9 Å². The van der Waals surface area contributed by atoms with Crippen LogP contribution in [0.5, 0.6) is 11.5 Å². The monoisotopic (exact) mass is 501 g/mol. The fraction of sp³-hybridized carbons (Fsp3) is 0.321. The summed E-state index contributed by atoms with van der Waals surface area (Å²) in [7, 11) is 1.79. The van der Waals surface area contributed by atoms with E-state index >= 15 is 0 Å². The van der Waals surface area contributed by atoms with Crippen molar-refractivity contribution in [2.45, 2.75) is 26.9 Å². The molecule has 9 heteroatoms. The van der Waals surface area contributed by atoms with Crippen molar-refractivity contribution < 1.29 is 9.47 Å². The highest BCUT2D eigenvalue weighted by Gasteiger charge is 2.17. The topological polar surface area (TPSA) is 83.5 Å². The zero-order chi connectivity index (χ0) is 25.9. The molecular weight excluding hydrogens is 470 g/mol. The quantitative estimate of drug-likeness (QED) is 0.384. The zero-order valence-corrected chi connectivity index (χ0v) is 21.4. The minimum absolute atomic E-state index is 0.316. The van der Waals surface area contributed by atoms with Crippen LogP contribution < -0.4 is 20.9 Å². The van der Waals surface area contributed by atoms with Crippen molar-refractivity contribution in [2.24, 2.45) is 7.05 Å². The third-order valence-corrected chi connectivity index (χ3v) is 6.66. The summed E-state index contributed by atoms with van der Waals surface area (Å²) in [6.07, 6.45) is 3.77. The summed E-state index contributed by atoms with van der Waals surface area (Å²) in [5.41, 5.74) is 2.31. The number of fused-ring (bicyclic) bond motifs is 1. The molecule has 1 fully saturated rings. The molecule has 192 valence electrons. The van der Waals surface area contributed by atoms with Gasteiger partial charge >= 0.3 is 5.69 Å². The first kappa shape index (κ1) is 24.6. The number of hydrogen-bond donors (Lipinski definition) is 0. The number of aromatic nitrogens is 4. The van der Waals surface area contributed by atoms with E-state index < -0.39 is 0 Å². The van der Waals surface area contributed by atoms with Crippen LogP contribution in [0.15, 0.2) is 58.1 Å². The maximum absolute atomic E-state index is 12.9. The molecule has 37 heavy (non-hydrogen) atoms. The lowest BCUT2D eigenvalue weighted by Crippen LogP contribution is -2.39. The van der Waals surface area contributed by atoms with Gasteiger partial charge in [-0.25, -0.2) is 9.78 Å². The number of morpholine rings is 1. The fourth-order valence-electron chi connectivity index (χ4n) is 4.59. The van der Waals surface area contributed by atoms with Gasteiger partial charge in [-0.1, -0.05) is 18.2 Å². The average Bonchev–Trinajstić information content (AvgIpc) is 3.25. The SMILES string of the molecule is CCn1c(=O)c2c(nc(/C=C/c3ccc(Oc4ccc(N5CCOCC5)cc4)cc3)n2C)n(CC)c1=O. The highest BCUT2D eigenvalue weighted by atomic mass is 16.5. The van der Waals surface area contributed by atoms with Crippen molar-refractivity contribution in [3.63, 3.8) is 0 Å². The van der Waals surface area contributed by atoms with E-state index in [1.807, 2.05) is 55.5 Å². The first-order valence-electron chi connectivity index (χ1n) is 12.6. The van der Waals surface area contributed by atoms with Crippen molar-refractivity contribution in [2.75, 3.05) is 31.2 Å². The van der Waals surface area contributed by atoms with Crippen molar-refractivity contribution in [1.29, 1.82) is 0 Å². The van der Waals surface area contributed by atoms with Crippen LogP contribution in [0.1, 0.15) is 25.2 Å². The third kappa shape index (κ3) is 4.82. The molecule has 1 saturated heterocycles. The summed E-state index contributed by atoms with van der Waals surface area (Å²) < 4.78 is 16.0. The molecule has 0 spiro atoms. The molecule has 1 aliphatic rings. The number of rotatable bonds is 7. The van der Waals surface area contributed by atoms with E-state index in [2.05, 4.69) is 22.0 Å². The Labute approximate surface area is 214 Å². The Kier molecular flexibility index (Phi) is 6.96. The minimum atomic E-state index is -0.331. The second kappa shape index (κ2) is 10.5. The Morgan fingerprint density at radius 3 is 2.14 bits per heavy atom. The normalized spacial score (nSPS) is 14.1. The summed E-state index contributed by atoms with van der Waals surface area (Å²) in [5, 5.41) is 0. The van der Waals surface area contributed by atoms with Gasteiger partial charge in [-0.15, -0.1) is 0 Å². The average molecular weight is 502 g/mol. The number of benzene rings is 2. The van der Waals surface area contributed by atoms with Crippen LogP contribution in [0.2, 0.25) is 0 Å². The second-order valence-electron chi connectivity index (χ2n) is 8.88. The molecule has 0 saturated carbocycles. The van der Waals surface area contributed by atoms with Gasteiger partial charge in [0, 0.05) is 38.9 Å². The Balaban J connectivity index is 1.32. The first-order valence-corrected chi connectivity index (χ1v) is 12.6. The third-order valence-electron chi connectivity index (χ3n) is 6.66. The van der Waals surface area contributed by atoms with Crippen LogP contribution in [0.3, 0.4) is 0 Å². The van der Waals surface area contributed by atoms with Crippen LogP contribution in [0.4, 0.5) is 5.69 Å². The molecule has 4 aromatic rings. The molecular formula is C28H31N5O4. The first-order chi connectivity index (χ1) is 18.0. The Morgan fingerprint density at radius 1 is 0.892 bits per heavy atom. The standard InChI is InChI=1S/C28H31N5O4/c1-4-32-26-25(27(34)33(5-2)28(32)35)30(3)24(29-26)15-8-20-6-11-22(12-7-20)37-23-13-9-21(10-14-23)31-16-18-36-19-17-31/h6-15H,4-5,16-19H2,1-3H3/b15-8+. The van der Waals surface area contributed by atoms with E-state index in [1.54, 1.807) is 18.5 Å². The molecule has 0 radical (unpaired) electrons. The Morgan fingerprint density at radius 2 is 1.51 bits per heavy atom. The number of ether oxygens (including phenoxy) is 2. The molecule has 0 unspecified atom stereocenters. The van der Waals surface area contributed by atoms with E-state index in [9.17, 15) is 9.59 Å². The number of anilines is 1. The van der Waals surface area contributed by atoms with Gasteiger partial charge in [-0.05, 0) is 61.9 Å². The molecule has 0 N–H and O–H groups in total. The van der Waals surface area contributed by atoms with Crippen molar-refractivity contribution in [1.82, 2.24) is 18.7 Å². The number of imidazole rings is 1. The van der Waals surface area contributed by atoms with Gasteiger partial charge in [0.15, 0.2) is 11.2 Å². The van der Waals surface area contributed by atoms with Gasteiger partial charge in [0.25, 0.3) is 5.56 Å². The molecule has 1 aliphatic heterocycles. The zero-order valence-electron chi connectivity index (χ0n) is 21.4. The highest BCUT2D eigenvalue weighted by Crippen LogP contribution is 2.25. The van der Waals surface area contributed by atoms with Crippen LogP contribution in [0, 0.1) is 0 Å². The fourth-order valence-corrected chi connectivity index (χ4v) is 4.59. The predicted molar refractivity (Wildman–Crippen MR) is 145 cm³/mol. The summed E-state index contributed by atoms with van der Waals surface area (Å²) in [6, 6.07) is 15.9. The van der Waals surface area contributed by atoms with E-state index in [-0.39, 0.29) is 11.2 Å². The van der Waals surface area contributed by atoms with Crippen LogP contribution in [0.25, 0.3) is 23.3 Å². The van der Waals surface area contributed by atoms with Crippen molar-refractivity contribution in [3.05, 3.63) is 80.8 Å². The predicted octanol–water partition coefficient (Wildman–Crippen LogP) is 3.74. The van der Waals surface area contributed by atoms with E-state index in [4.69, 9.17) is 9.47 Å². The summed E-state index contributed by atoms with van der Waals surface area (Å²) in [6.45, 7) is 7.74. The van der Waals surface area contributed by atoms with Crippen LogP contribution in [-0.4, -0.2) is 45.0 Å². The summed E-state index contributed by atoms with van der Waals surface area (Å²) in [4.78, 5) is 32.5. The van der Waals surface area contributed by atoms with Gasteiger partial charge in [-0.3, -0.25) is 13.9 Å². The Bertz CT molecular complexity index is 1540. The lowest BCUT2D eigenvalue weighted by Gasteiger charge is -2.28. The molecule has 0 atom stereocenters. The van der Waals surface area contributed by atoms with Gasteiger partial charge in [0.2, 0.25) is 0 Å². The molecule has 0 bridgehead atoms. The molecule has 3 heterocycles. The van der Waals surface area contributed by atoms with E-state index in [0.717, 1.165) is 43.4 Å². The molecule has 5 rings (SSSR count). The van der Waals surface area contributed by atoms with Crippen molar-refractivity contribution >= 4 is 29.0 Å². The van der Waals surface area contributed by atoms with Crippen LogP contribution in [-0.2, 0) is 24.9 Å². The Hall–Kier alpha value is -4.11. The largest absolute Gasteiger partial charge is 0.457 e. The molecule has 0 aliphatic carbocycles. The minimum Gasteiger partial charge on any atom is -0.457 e. The van der Waals surface area contributed by atoms with E-state index in [0.29, 0.717) is 30.1 Å². The summed E-state index contributed by atoms with van der Waals surface area (Å²) in [5.74, 6) is 2.12. The lowest BCUT2D eigenvalue weighted by atomic mass is 10.2. The number of nitrogens with zero attached hydrogens (tertiary/aromatic N) is 5. The lowest BCUT2D eigenvalue weighted by molar-refractivity contribution is 0.122.